The average Bonchev–Trinajstić information content (AvgIpc) is 3.48. The number of thioether (sulfide) groups is 1. The van der Waals surface area contributed by atoms with Crippen LogP contribution in [0.1, 0.15) is 22.2 Å². The van der Waals surface area contributed by atoms with Crippen LogP contribution in [-0.2, 0) is 9.59 Å². The summed E-state index contributed by atoms with van der Waals surface area (Å²) < 4.78 is 0.400. The van der Waals surface area contributed by atoms with E-state index < -0.39 is 11.9 Å². The van der Waals surface area contributed by atoms with Crippen LogP contribution in [0.4, 0.5) is 5.69 Å². The van der Waals surface area contributed by atoms with Crippen molar-refractivity contribution in [1.82, 2.24) is 14.9 Å². The number of fused-ring (bicyclic) bond motifs is 1. The van der Waals surface area contributed by atoms with Crippen molar-refractivity contribution in [3.63, 3.8) is 0 Å². The van der Waals surface area contributed by atoms with Crippen molar-refractivity contribution in [2.75, 3.05) is 11.9 Å². The molecule has 0 saturated carbocycles. The molecule has 2 N–H and O–H groups in total. The van der Waals surface area contributed by atoms with E-state index in [-0.39, 0.29) is 23.9 Å². The highest BCUT2D eigenvalue weighted by atomic mass is 32.2. The molecule has 2 aromatic heterocycles. The molecular formula is C27H20N4O4S3. The summed E-state index contributed by atoms with van der Waals surface area (Å²) in [6, 6.07) is 13.8. The lowest BCUT2D eigenvalue weighted by atomic mass is 10.1. The molecule has 1 saturated heterocycles. The lowest BCUT2D eigenvalue weighted by molar-refractivity contribution is -0.124. The number of nitrogens with zero attached hydrogens (tertiary/aromatic N) is 3. The Morgan fingerprint density at radius 2 is 1.82 bits per heavy atom. The topological polar surface area (TPSA) is 112 Å². The summed E-state index contributed by atoms with van der Waals surface area (Å²) in [7, 11) is 0. The average molecular weight is 561 g/mol. The number of hydrogen-bond donors (Lipinski definition) is 2. The molecule has 0 aliphatic carbocycles. The third-order valence-corrected chi connectivity index (χ3v) is 8.13. The Balaban J connectivity index is 1.25. The van der Waals surface area contributed by atoms with Gasteiger partial charge in [0, 0.05) is 29.5 Å². The van der Waals surface area contributed by atoms with Gasteiger partial charge in [-0.3, -0.25) is 24.5 Å². The van der Waals surface area contributed by atoms with Gasteiger partial charge in [0.15, 0.2) is 0 Å². The first kappa shape index (κ1) is 25.7. The summed E-state index contributed by atoms with van der Waals surface area (Å²) in [5.74, 6) is -2.11. The standard InChI is InChI=1S/C27H20N4O4S3/c1-15(24(32)30-19-5-2-16(3-6-19)26(34)35)13-31-25(33)23(38-27(31)36)12-20-10-18(14-37-20)17-4-7-21-22(11-17)29-9-8-28-21/h2-12,14-15H,13H2,1H3,(H,30,32)(H,34,35)/b23-12-. The van der Waals surface area contributed by atoms with Crippen molar-refractivity contribution < 1.29 is 19.5 Å². The molecule has 190 valence electrons. The fourth-order valence-electron chi connectivity index (χ4n) is 3.83. The van der Waals surface area contributed by atoms with E-state index in [0.29, 0.717) is 14.9 Å². The monoisotopic (exact) mass is 560 g/mol. The SMILES string of the molecule is CC(CN1C(=O)/C(=C/c2cc(-c3ccc4nccnc4c3)cs2)SC1=S)C(=O)Nc1ccc(C(=O)O)cc1. The smallest absolute Gasteiger partial charge is 0.335 e. The largest absolute Gasteiger partial charge is 0.478 e. The fraction of sp³-hybridized carbons (Fsp3) is 0.111. The number of hydrogen-bond acceptors (Lipinski definition) is 8. The van der Waals surface area contributed by atoms with Crippen LogP contribution < -0.4 is 5.32 Å². The number of thiophene rings is 1. The van der Waals surface area contributed by atoms with Crippen LogP contribution in [0.15, 0.2) is 71.2 Å². The van der Waals surface area contributed by atoms with Crippen molar-refractivity contribution >= 4 is 80.2 Å². The van der Waals surface area contributed by atoms with Gasteiger partial charge in [0.1, 0.15) is 4.32 Å². The van der Waals surface area contributed by atoms with Crippen LogP contribution >= 0.6 is 35.3 Å². The van der Waals surface area contributed by atoms with Crippen LogP contribution in [0.25, 0.3) is 28.2 Å². The third-order valence-electron chi connectivity index (χ3n) is 5.87. The summed E-state index contributed by atoms with van der Waals surface area (Å²) in [4.78, 5) is 48.3. The molecule has 1 fully saturated rings. The number of aromatic nitrogens is 2. The number of carboxylic acid groups (broad SMARTS) is 1. The van der Waals surface area contributed by atoms with Gasteiger partial charge in [-0.1, -0.05) is 37.0 Å². The van der Waals surface area contributed by atoms with Crippen molar-refractivity contribution in [3.05, 3.63) is 81.7 Å². The van der Waals surface area contributed by atoms with Crippen LogP contribution in [0, 0.1) is 5.92 Å². The molecule has 0 radical (unpaired) electrons. The second-order valence-electron chi connectivity index (χ2n) is 8.56. The Bertz CT molecular complexity index is 1610. The molecule has 1 aliphatic heterocycles. The van der Waals surface area contributed by atoms with E-state index >= 15 is 0 Å². The summed E-state index contributed by atoms with van der Waals surface area (Å²) >= 11 is 8.18. The van der Waals surface area contributed by atoms with E-state index in [2.05, 4.69) is 15.3 Å². The molecule has 2 amide bonds. The molecule has 5 rings (SSSR count). The quantitative estimate of drug-likeness (QED) is 0.224. The van der Waals surface area contributed by atoms with Crippen LogP contribution in [0.3, 0.4) is 0 Å². The van der Waals surface area contributed by atoms with E-state index in [1.165, 1.54) is 52.3 Å². The number of anilines is 1. The molecule has 8 nitrogen and oxygen atoms in total. The summed E-state index contributed by atoms with van der Waals surface area (Å²) in [6.45, 7) is 1.84. The molecule has 0 bridgehead atoms. The van der Waals surface area contributed by atoms with E-state index in [1.54, 1.807) is 19.3 Å². The Hall–Kier alpha value is -3.93. The zero-order valence-corrected chi connectivity index (χ0v) is 22.4. The minimum Gasteiger partial charge on any atom is -0.478 e. The Labute approximate surface area is 231 Å². The van der Waals surface area contributed by atoms with E-state index in [1.807, 2.05) is 35.7 Å². The van der Waals surface area contributed by atoms with Crippen LogP contribution in [0.5, 0.6) is 0 Å². The number of aromatic carboxylic acids is 1. The Kier molecular flexibility index (Phi) is 7.32. The van der Waals surface area contributed by atoms with E-state index in [4.69, 9.17) is 17.3 Å². The highest BCUT2D eigenvalue weighted by Gasteiger charge is 2.34. The molecule has 0 spiro atoms. The van der Waals surface area contributed by atoms with Gasteiger partial charge in [0.25, 0.3) is 5.91 Å². The summed E-state index contributed by atoms with van der Waals surface area (Å²) in [5, 5.41) is 13.8. The zero-order chi connectivity index (χ0) is 26.8. The van der Waals surface area contributed by atoms with Gasteiger partial charge in [0.2, 0.25) is 5.91 Å². The second-order valence-corrected chi connectivity index (χ2v) is 11.2. The van der Waals surface area contributed by atoms with Gasteiger partial charge in [-0.15, -0.1) is 11.3 Å². The number of carbonyl (C=O) groups is 3. The number of rotatable bonds is 7. The predicted molar refractivity (Wildman–Crippen MR) is 154 cm³/mol. The van der Waals surface area contributed by atoms with Gasteiger partial charge >= 0.3 is 5.97 Å². The molecule has 38 heavy (non-hydrogen) atoms. The molecule has 11 heteroatoms. The molecule has 1 atom stereocenters. The van der Waals surface area contributed by atoms with Gasteiger partial charge in [-0.2, -0.15) is 0 Å². The van der Waals surface area contributed by atoms with Crippen molar-refractivity contribution in [2.45, 2.75) is 6.92 Å². The molecule has 2 aromatic carbocycles. The first-order chi connectivity index (χ1) is 18.3. The van der Waals surface area contributed by atoms with Crippen molar-refractivity contribution in [1.29, 1.82) is 0 Å². The van der Waals surface area contributed by atoms with Gasteiger partial charge in [-0.05, 0) is 65.0 Å². The van der Waals surface area contributed by atoms with Crippen LogP contribution in [-0.4, -0.2) is 48.6 Å². The number of benzene rings is 2. The maximum atomic E-state index is 13.1. The van der Waals surface area contributed by atoms with Gasteiger partial charge < -0.3 is 10.4 Å². The lowest BCUT2D eigenvalue weighted by Crippen LogP contribution is -2.36. The van der Waals surface area contributed by atoms with Crippen LogP contribution in [0.2, 0.25) is 0 Å². The number of carbonyl (C=O) groups excluding carboxylic acids is 2. The first-order valence-corrected chi connectivity index (χ1v) is 13.6. The number of amides is 2. The third kappa shape index (κ3) is 5.49. The maximum absolute atomic E-state index is 13.1. The molecular weight excluding hydrogens is 541 g/mol. The minimum absolute atomic E-state index is 0.129. The summed E-state index contributed by atoms with van der Waals surface area (Å²) in [5.41, 5.74) is 4.28. The maximum Gasteiger partial charge on any atom is 0.335 e. The van der Waals surface area contributed by atoms with Crippen molar-refractivity contribution in [3.8, 4) is 11.1 Å². The first-order valence-electron chi connectivity index (χ1n) is 11.5. The minimum atomic E-state index is -1.04. The van der Waals surface area contributed by atoms with Crippen molar-refractivity contribution in [2.24, 2.45) is 5.92 Å². The molecule has 3 heterocycles. The molecule has 1 unspecified atom stereocenters. The fourth-order valence-corrected chi connectivity index (χ4v) is 6.02. The Morgan fingerprint density at radius 3 is 2.55 bits per heavy atom. The molecule has 4 aromatic rings. The normalized spacial score (nSPS) is 15.3. The second kappa shape index (κ2) is 10.8. The summed E-state index contributed by atoms with van der Waals surface area (Å²) in [6.07, 6.45) is 5.15. The van der Waals surface area contributed by atoms with E-state index in [9.17, 15) is 14.4 Å². The van der Waals surface area contributed by atoms with Gasteiger partial charge in [0.05, 0.1) is 27.4 Å². The molecule has 1 aliphatic rings. The predicted octanol–water partition coefficient (Wildman–Crippen LogP) is 5.53. The van der Waals surface area contributed by atoms with Gasteiger partial charge in [-0.25, -0.2) is 4.79 Å². The highest BCUT2D eigenvalue weighted by molar-refractivity contribution is 8.26. The Morgan fingerprint density at radius 1 is 1.08 bits per heavy atom. The van der Waals surface area contributed by atoms with E-state index in [0.717, 1.165) is 27.0 Å². The lowest BCUT2D eigenvalue weighted by Gasteiger charge is -2.19. The highest BCUT2D eigenvalue weighted by Crippen LogP contribution is 2.35. The number of carboxylic acids is 1. The zero-order valence-electron chi connectivity index (χ0n) is 20.0. The number of thiocarbonyl (C=S) groups is 1. The number of nitrogens with one attached hydrogen (secondary N) is 1.